The second-order valence-corrected chi connectivity index (χ2v) is 5.46. The van der Waals surface area contributed by atoms with Crippen LogP contribution < -0.4 is 10.7 Å². The first-order valence-electron chi connectivity index (χ1n) is 5.86. The van der Waals surface area contributed by atoms with Gasteiger partial charge in [0.15, 0.2) is 5.11 Å². The van der Waals surface area contributed by atoms with E-state index in [2.05, 4.69) is 28.8 Å². The number of rotatable bonds is 3. The zero-order valence-electron chi connectivity index (χ0n) is 10.8. The largest absolute Gasteiger partial charge is 0.331 e. The minimum atomic E-state index is 0.486. The van der Waals surface area contributed by atoms with Crippen molar-refractivity contribution in [1.29, 1.82) is 0 Å². The second-order valence-electron chi connectivity index (χ2n) is 4.11. The Kier molecular flexibility index (Phi) is 4.65. The molecule has 19 heavy (non-hydrogen) atoms. The molecule has 3 nitrogen and oxygen atoms in total. The van der Waals surface area contributed by atoms with Crippen LogP contribution in [0.4, 0.5) is 5.69 Å². The molecule has 0 saturated heterocycles. The minimum Gasteiger partial charge on any atom is -0.331 e. The Morgan fingerprint density at radius 1 is 1.21 bits per heavy atom. The van der Waals surface area contributed by atoms with E-state index in [1.54, 1.807) is 17.6 Å². The third-order valence-corrected chi connectivity index (χ3v) is 3.79. The maximum atomic E-state index is 5.19. The van der Waals surface area contributed by atoms with Gasteiger partial charge in [-0.2, -0.15) is 5.10 Å². The molecular weight excluding hydrogens is 274 g/mol. The Morgan fingerprint density at radius 3 is 2.68 bits per heavy atom. The summed E-state index contributed by atoms with van der Waals surface area (Å²) in [5, 5.41) is 9.78. The summed E-state index contributed by atoms with van der Waals surface area (Å²) in [6, 6.07) is 10.0. The highest BCUT2D eigenvalue weighted by molar-refractivity contribution is 7.80. The van der Waals surface area contributed by atoms with Gasteiger partial charge in [0.1, 0.15) is 0 Å². The fourth-order valence-electron chi connectivity index (χ4n) is 1.53. The standard InChI is InChI=1S/C14H15N3S2/c1-10-5-3-4-6-12(10)16-14(18)17-15-9-13-11(2)7-8-19-13/h3-9H,1-2H3,(H2,16,17,18)/b15-9-. The predicted octanol–water partition coefficient (Wildman–Crippen LogP) is 3.69. The molecule has 0 amide bonds. The Hall–Kier alpha value is -1.72. The molecule has 0 spiro atoms. The molecule has 0 bridgehead atoms. The van der Waals surface area contributed by atoms with Gasteiger partial charge in [0.2, 0.25) is 0 Å². The van der Waals surface area contributed by atoms with Gasteiger partial charge >= 0.3 is 0 Å². The number of para-hydroxylation sites is 1. The quantitative estimate of drug-likeness (QED) is 0.514. The molecular formula is C14H15N3S2. The lowest BCUT2D eigenvalue weighted by molar-refractivity contribution is 1.05. The van der Waals surface area contributed by atoms with Crippen molar-refractivity contribution in [3.63, 3.8) is 0 Å². The number of anilines is 1. The van der Waals surface area contributed by atoms with Crippen LogP contribution in [0.2, 0.25) is 0 Å². The molecule has 1 aromatic heterocycles. The molecule has 98 valence electrons. The molecule has 0 saturated carbocycles. The second kappa shape index (κ2) is 6.45. The third-order valence-electron chi connectivity index (χ3n) is 2.64. The van der Waals surface area contributed by atoms with E-state index in [0.717, 1.165) is 16.1 Å². The highest BCUT2D eigenvalue weighted by atomic mass is 32.1. The Bertz CT molecular complexity index is 602. The summed E-state index contributed by atoms with van der Waals surface area (Å²) in [5.74, 6) is 0. The normalized spacial score (nSPS) is 10.6. The molecule has 0 aliphatic carbocycles. The summed E-state index contributed by atoms with van der Waals surface area (Å²) in [4.78, 5) is 1.13. The molecule has 0 fully saturated rings. The maximum absolute atomic E-state index is 5.19. The molecule has 2 aromatic rings. The van der Waals surface area contributed by atoms with Gasteiger partial charge in [-0.25, -0.2) is 0 Å². The zero-order chi connectivity index (χ0) is 13.7. The number of nitrogens with zero attached hydrogens (tertiary/aromatic N) is 1. The van der Waals surface area contributed by atoms with Crippen LogP contribution in [0.1, 0.15) is 16.0 Å². The highest BCUT2D eigenvalue weighted by Gasteiger charge is 1.99. The lowest BCUT2D eigenvalue weighted by Crippen LogP contribution is -2.24. The summed E-state index contributed by atoms with van der Waals surface area (Å²) in [7, 11) is 0. The van der Waals surface area contributed by atoms with Crippen molar-refractivity contribution in [1.82, 2.24) is 5.43 Å². The fraction of sp³-hybridized carbons (Fsp3) is 0.143. The van der Waals surface area contributed by atoms with Gasteiger partial charge in [0.25, 0.3) is 0 Å². The minimum absolute atomic E-state index is 0.486. The van der Waals surface area contributed by atoms with E-state index in [1.807, 2.05) is 36.6 Å². The number of benzene rings is 1. The first kappa shape index (κ1) is 13.7. The number of hydrogen-bond donors (Lipinski definition) is 2. The van der Waals surface area contributed by atoms with Gasteiger partial charge in [-0.05, 0) is 54.7 Å². The van der Waals surface area contributed by atoms with Crippen molar-refractivity contribution in [2.24, 2.45) is 5.10 Å². The van der Waals surface area contributed by atoms with Crippen LogP contribution in [0.15, 0.2) is 40.8 Å². The Morgan fingerprint density at radius 2 is 2.00 bits per heavy atom. The van der Waals surface area contributed by atoms with E-state index in [-0.39, 0.29) is 0 Å². The molecule has 0 radical (unpaired) electrons. The summed E-state index contributed by atoms with van der Waals surface area (Å²) >= 11 is 6.85. The molecule has 1 heterocycles. The lowest BCUT2D eigenvalue weighted by atomic mass is 10.2. The first-order valence-corrected chi connectivity index (χ1v) is 7.15. The SMILES string of the molecule is Cc1ccccc1NC(=S)N/N=C\c1sccc1C. The van der Waals surface area contributed by atoms with Crippen molar-refractivity contribution in [2.75, 3.05) is 5.32 Å². The Balaban J connectivity index is 1.91. The van der Waals surface area contributed by atoms with Gasteiger partial charge in [-0.15, -0.1) is 11.3 Å². The predicted molar refractivity (Wildman–Crippen MR) is 87.2 cm³/mol. The van der Waals surface area contributed by atoms with Crippen molar-refractivity contribution in [3.8, 4) is 0 Å². The number of thiocarbonyl (C=S) groups is 1. The van der Waals surface area contributed by atoms with Crippen LogP contribution in [0, 0.1) is 13.8 Å². The Labute approximate surface area is 122 Å². The maximum Gasteiger partial charge on any atom is 0.191 e. The van der Waals surface area contributed by atoms with Gasteiger partial charge in [0, 0.05) is 10.6 Å². The van der Waals surface area contributed by atoms with Crippen LogP contribution in [-0.4, -0.2) is 11.3 Å². The topological polar surface area (TPSA) is 36.4 Å². The molecule has 5 heteroatoms. The van der Waals surface area contributed by atoms with Crippen molar-refractivity contribution >= 4 is 40.6 Å². The van der Waals surface area contributed by atoms with Gasteiger partial charge in [-0.3, -0.25) is 5.43 Å². The fourth-order valence-corrected chi connectivity index (χ4v) is 2.48. The van der Waals surface area contributed by atoms with Crippen LogP contribution >= 0.6 is 23.6 Å². The van der Waals surface area contributed by atoms with Gasteiger partial charge in [0.05, 0.1) is 6.21 Å². The van der Waals surface area contributed by atoms with Crippen molar-refractivity contribution < 1.29 is 0 Å². The number of aryl methyl sites for hydroxylation is 2. The highest BCUT2D eigenvalue weighted by Crippen LogP contribution is 2.13. The smallest absolute Gasteiger partial charge is 0.191 e. The number of thiophene rings is 1. The monoisotopic (exact) mass is 289 g/mol. The molecule has 0 aliphatic heterocycles. The van der Waals surface area contributed by atoms with E-state index in [0.29, 0.717) is 5.11 Å². The van der Waals surface area contributed by atoms with Crippen LogP contribution in [0.5, 0.6) is 0 Å². The molecule has 2 N–H and O–H groups in total. The van der Waals surface area contributed by atoms with E-state index >= 15 is 0 Å². The van der Waals surface area contributed by atoms with E-state index < -0.39 is 0 Å². The molecule has 1 aromatic carbocycles. The molecule has 0 aliphatic rings. The van der Waals surface area contributed by atoms with E-state index in [9.17, 15) is 0 Å². The summed E-state index contributed by atoms with van der Waals surface area (Å²) in [6.07, 6.45) is 1.78. The van der Waals surface area contributed by atoms with Crippen molar-refractivity contribution in [3.05, 3.63) is 51.7 Å². The van der Waals surface area contributed by atoms with Gasteiger partial charge < -0.3 is 5.32 Å². The molecule has 2 rings (SSSR count). The van der Waals surface area contributed by atoms with Crippen molar-refractivity contribution in [2.45, 2.75) is 13.8 Å². The average molecular weight is 289 g/mol. The van der Waals surface area contributed by atoms with Crippen LogP contribution in [-0.2, 0) is 0 Å². The van der Waals surface area contributed by atoms with E-state index in [1.165, 1.54) is 5.56 Å². The number of nitrogens with one attached hydrogen (secondary N) is 2. The zero-order valence-corrected chi connectivity index (χ0v) is 12.4. The molecule has 0 unspecified atom stereocenters. The number of hydrogen-bond acceptors (Lipinski definition) is 3. The first-order chi connectivity index (χ1) is 9.16. The third kappa shape index (κ3) is 3.87. The average Bonchev–Trinajstić information content (AvgIpc) is 2.78. The van der Waals surface area contributed by atoms with Crippen LogP contribution in [0.25, 0.3) is 0 Å². The summed E-state index contributed by atoms with van der Waals surface area (Å²) in [6.45, 7) is 4.09. The van der Waals surface area contributed by atoms with Gasteiger partial charge in [-0.1, -0.05) is 18.2 Å². The van der Waals surface area contributed by atoms with E-state index in [4.69, 9.17) is 12.2 Å². The number of hydrazone groups is 1. The summed E-state index contributed by atoms with van der Waals surface area (Å²) in [5.41, 5.74) is 6.17. The lowest BCUT2D eigenvalue weighted by Gasteiger charge is -2.09. The summed E-state index contributed by atoms with van der Waals surface area (Å²) < 4.78 is 0. The molecule has 0 atom stereocenters. The van der Waals surface area contributed by atoms with Crippen LogP contribution in [0.3, 0.4) is 0 Å².